The topological polar surface area (TPSA) is 230 Å². The Morgan fingerprint density at radius 3 is 1.78 bits per heavy atom. The van der Waals surface area contributed by atoms with Crippen LogP contribution in [0.3, 0.4) is 0 Å². The molecule has 1 heterocycles. The quantitative estimate of drug-likeness (QED) is 0.0740. The predicted octanol–water partition coefficient (Wildman–Crippen LogP) is 3.76. The first-order chi connectivity index (χ1) is 26.6. The molecule has 2 amide bonds. The van der Waals surface area contributed by atoms with Crippen LogP contribution in [0, 0.1) is 0 Å². The number of carbonyl (C=O) groups is 4. The second-order valence-electron chi connectivity index (χ2n) is 12.9. The van der Waals surface area contributed by atoms with E-state index in [1.807, 2.05) is 6.07 Å². The molecule has 1 aromatic heterocycles. The van der Waals surface area contributed by atoms with E-state index in [0.29, 0.717) is 0 Å². The van der Waals surface area contributed by atoms with Gasteiger partial charge in [-0.05, 0) is 37.0 Å². The van der Waals surface area contributed by atoms with Gasteiger partial charge in [0.2, 0.25) is 5.91 Å². The summed E-state index contributed by atoms with van der Waals surface area (Å²) < 4.78 is 46.9. The number of carboxylic acids is 2. The fraction of sp³-hybridized carbons (Fsp3) is 0.632. The number of nitrogens with one attached hydrogen (secondary N) is 2. The predicted molar refractivity (Wildman–Crippen MR) is 202 cm³/mol. The van der Waals surface area contributed by atoms with Crippen molar-refractivity contribution in [3.63, 3.8) is 0 Å². The Morgan fingerprint density at radius 1 is 0.636 bits per heavy atom. The highest BCUT2D eigenvalue weighted by atomic mass is 32.2. The first-order valence-electron chi connectivity index (χ1n) is 19.0. The van der Waals surface area contributed by atoms with Crippen LogP contribution in [0.1, 0.15) is 98.8 Å². The van der Waals surface area contributed by atoms with Crippen molar-refractivity contribution in [1.29, 1.82) is 0 Å². The van der Waals surface area contributed by atoms with Crippen LogP contribution >= 0.6 is 0 Å². The van der Waals surface area contributed by atoms with Gasteiger partial charge in [-0.2, -0.15) is 0 Å². The molecule has 2 rings (SSSR count). The molecular formula is C38H58N4O12S. The van der Waals surface area contributed by atoms with Crippen molar-refractivity contribution < 1.29 is 56.8 Å². The van der Waals surface area contributed by atoms with Crippen LogP contribution in [0.5, 0.6) is 0 Å². The number of hydrogen-bond donors (Lipinski definition) is 4. The van der Waals surface area contributed by atoms with Gasteiger partial charge in [0.25, 0.3) is 5.91 Å². The fourth-order valence-electron chi connectivity index (χ4n) is 5.31. The smallest absolute Gasteiger partial charge is 0.329 e. The third kappa shape index (κ3) is 24.2. The lowest BCUT2D eigenvalue weighted by Crippen LogP contribution is -2.31. The maximum atomic E-state index is 13.1. The van der Waals surface area contributed by atoms with Gasteiger partial charge in [-0.1, -0.05) is 69.9 Å². The molecule has 2 aromatic rings. The number of benzene rings is 1. The molecule has 55 heavy (non-hydrogen) atoms. The molecule has 0 spiro atoms. The molecule has 308 valence electrons. The van der Waals surface area contributed by atoms with Crippen LogP contribution in [0.2, 0.25) is 0 Å². The number of amides is 2. The average molecular weight is 795 g/mol. The van der Waals surface area contributed by atoms with E-state index in [1.165, 1.54) is 38.1 Å². The minimum atomic E-state index is -3.70. The molecule has 16 nitrogen and oxygen atoms in total. The maximum absolute atomic E-state index is 13.1. The molecule has 0 fully saturated rings. The molecule has 0 radical (unpaired) electrons. The van der Waals surface area contributed by atoms with E-state index in [4.69, 9.17) is 29.2 Å². The van der Waals surface area contributed by atoms with Gasteiger partial charge < -0.3 is 39.8 Å². The molecule has 0 aliphatic rings. The summed E-state index contributed by atoms with van der Waals surface area (Å²) in [6.45, 7) is 1.11. The third-order valence-corrected chi connectivity index (χ3v) is 9.81. The van der Waals surface area contributed by atoms with E-state index in [9.17, 15) is 27.6 Å². The minimum absolute atomic E-state index is 0.0885. The normalized spacial score (nSPS) is 11.3. The molecule has 0 atom stereocenters. The van der Waals surface area contributed by atoms with E-state index in [1.54, 1.807) is 18.2 Å². The SMILES string of the molecule is O=C(O)CCCCCCCCCCCCCc1cccc(S(=O)(=O)Cc2ncc(C(=O)NCCOCCOCC(=O)NCCOCCOCC(=O)O)cn2)c1. The highest BCUT2D eigenvalue weighted by molar-refractivity contribution is 7.90. The lowest BCUT2D eigenvalue weighted by molar-refractivity contribution is -0.143. The van der Waals surface area contributed by atoms with Crippen LogP contribution in [0.25, 0.3) is 0 Å². The fourth-order valence-corrected chi connectivity index (χ4v) is 6.58. The number of carbonyl (C=O) groups excluding carboxylic acids is 2. The number of carboxylic acid groups (broad SMARTS) is 2. The zero-order valence-corrected chi connectivity index (χ0v) is 32.5. The van der Waals surface area contributed by atoms with Crippen LogP contribution in [-0.4, -0.2) is 118 Å². The van der Waals surface area contributed by atoms with E-state index < -0.39 is 27.7 Å². The third-order valence-electron chi connectivity index (χ3n) is 8.20. The van der Waals surface area contributed by atoms with Crippen LogP contribution < -0.4 is 10.6 Å². The maximum Gasteiger partial charge on any atom is 0.329 e. The number of hydrogen-bond acceptors (Lipinski definition) is 12. The summed E-state index contributed by atoms with van der Waals surface area (Å²) in [7, 11) is -3.70. The molecule has 0 aliphatic carbocycles. The van der Waals surface area contributed by atoms with Crippen molar-refractivity contribution in [3.8, 4) is 0 Å². The summed E-state index contributed by atoms with van der Waals surface area (Å²) in [4.78, 5) is 53.5. The van der Waals surface area contributed by atoms with Crippen molar-refractivity contribution in [2.75, 3.05) is 65.9 Å². The number of ether oxygens (including phenoxy) is 4. The van der Waals surface area contributed by atoms with Crippen LogP contribution in [0.15, 0.2) is 41.6 Å². The number of rotatable bonds is 34. The lowest BCUT2D eigenvalue weighted by atomic mass is 10.0. The zero-order chi connectivity index (χ0) is 40.0. The number of unbranched alkanes of at least 4 members (excludes halogenated alkanes) is 10. The molecule has 17 heteroatoms. The second kappa shape index (κ2) is 29.3. The Morgan fingerprint density at radius 2 is 1.18 bits per heavy atom. The highest BCUT2D eigenvalue weighted by Gasteiger charge is 2.18. The van der Waals surface area contributed by atoms with Crippen molar-refractivity contribution >= 4 is 33.6 Å². The number of nitrogens with zero attached hydrogens (tertiary/aromatic N) is 2. The van der Waals surface area contributed by atoms with Gasteiger partial charge >= 0.3 is 11.9 Å². The van der Waals surface area contributed by atoms with Gasteiger partial charge in [-0.15, -0.1) is 0 Å². The first-order valence-corrected chi connectivity index (χ1v) is 20.6. The lowest BCUT2D eigenvalue weighted by Gasteiger charge is -2.09. The molecule has 0 unspecified atom stereocenters. The Balaban J connectivity index is 1.54. The number of aromatic nitrogens is 2. The number of aliphatic carboxylic acids is 2. The Bertz CT molecular complexity index is 1510. The summed E-state index contributed by atoms with van der Waals surface area (Å²) in [5.41, 5.74) is 1.15. The van der Waals surface area contributed by atoms with Crippen molar-refractivity contribution in [1.82, 2.24) is 20.6 Å². The van der Waals surface area contributed by atoms with Gasteiger partial charge in [0, 0.05) is 31.9 Å². The largest absolute Gasteiger partial charge is 0.481 e. The molecule has 0 saturated heterocycles. The van der Waals surface area contributed by atoms with E-state index in [-0.39, 0.29) is 100 Å². The van der Waals surface area contributed by atoms with Gasteiger partial charge in [0.15, 0.2) is 9.84 Å². The Hall–Kier alpha value is -4.03. The Labute approximate surface area is 324 Å². The van der Waals surface area contributed by atoms with Crippen molar-refractivity contribution in [3.05, 3.63) is 53.6 Å². The van der Waals surface area contributed by atoms with E-state index >= 15 is 0 Å². The number of sulfone groups is 1. The molecule has 4 N–H and O–H groups in total. The Kier molecular flexibility index (Phi) is 25.1. The van der Waals surface area contributed by atoms with Gasteiger partial charge in [-0.3, -0.25) is 14.4 Å². The molecule has 0 aliphatic heterocycles. The molecule has 0 bridgehead atoms. The van der Waals surface area contributed by atoms with Crippen molar-refractivity contribution in [2.24, 2.45) is 0 Å². The molecule has 1 aromatic carbocycles. The average Bonchev–Trinajstić information content (AvgIpc) is 3.15. The van der Waals surface area contributed by atoms with Crippen molar-refractivity contribution in [2.45, 2.75) is 94.1 Å². The van der Waals surface area contributed by atoms with Crippen LogP contribution in [0.4, 0.5) is 0 Å². The highest BCUT2D eigenvalue weighted by Crippen LogP contribution is 2.19. The summed E-state index contributed by atoms with van der Waals surface area (Å²) in [6.07, 6.45) is 15.7. The summed E-state index contributed by atoms with van der Waals surface area (Å²) in [5.74, 6) is -2.83. The zero-order valence-electron chi connectivity index (χ0n) is 31.7. The summed E-state index contributed by atoms with van der Waals surface area (Å²) >= 11 is 0. The summed E-state index contributed by atoms with van der Waals surface area (Å²) in [5, 5.41) is 22.4. The van der Waals surface area contributed by atoms with E-state index in [0.717, 1.165) is 56.9 Å². The minimum Gasteiger partial charge on any atom is -0.481 e. The second-order valence-corrected chi connectivity index (χ2v) is 14.9. The van der Waals surface area contributed by atoms with Gasteiger partial charge in [0.1, 0.15) is 24.8 Å². The molecule has 0 saturated carbocycles. The molecular weight excluding hydrogens is 737 g/mol. The van der Waals surface area contributed by atoms with Crippen LogP contribution in [-0.2, 0) is 55.3 Å². The standard InChI is InChI=1S/C38H58N4O12S/c43-35(39-17-19-51-22-24-54-29-37(46)47)28-53-23-21-52-20-18-40-38(48)32-26-41-34(42-27-32)30-55(49,50)33-15-12-14-31(25-33)13-10-8-6-4-2-1-3-5-7-9-11-16-36(44)45/h12,14-15,25-27H,1-11,13,16-24,28-30H2,(H,39,43)(H,40,48)(H,44,45)(H,46,47). The first kappa shape index (κ1) is 47.1. The van der Waals surface area contributed by atoms with E-state index in [2.05, 4.69) is 20.6 Å². The summed E-state index contributed by atoms with van der Waals surface area (Å²) in [6, 6.07) is 6.98. The monoisotopic (exact) mass is 794 g/mol. The number of aryl methyl sites for hydroxylation is 1. The van der Waals surface area contributed by atoms with Gasteiger partial charge in [0.05, 0.1) is 50.1 Å². The van der Waals surface area contributed by atoms with Gasteiger partial charge in [-0.25, -0.2) is 23.2 Å².